The van der Waals surface area contributed by atoms with Crippen LogP contribution in [0.1, 0.15) is 29.6 Å². The summed E-state index contributed by atoms with van der Waals surface area (Å²) in [5.74, 6) is -1.35. The van der Waals surface area contributed by atoms with E-state index in [4.69, 9.17) is 4.74 Å². The van der Waals surface area contributed by atoms with Crippen molar-refractivity contribution in [3.05, 3.63) is 43.9 Å². The third-order valence-corrected chi connectivity index (χ3v) is 5.55. The van der Waals surface area contributed by atoms with E-state index in [2.05, 4.69) is 26.2 Å². The Labute approximate surface area is 173 Å². The topological polar surface area (TPSA) is 115 Å². The molecule has 148 valence electrons. The summed E-state index contributed by atoms with van der Waals surface area (Å²) in [4.78, 5) is 40.9. The lowest BCUT2D eigenvalue weighted by molar-refractivity contribution is -0.384. The van der Waals surface area contributed by atoms with Crippen molar-refractivity contribution in [2.24, 2.45) is 0 Å². The van der Waals surface area contributed by atoms with Gasteiger partial charge in [0.15, 0.2) is 11.7 Å². The Morgan fingerprint density at radius 1 is 1.32 bits per heavy atom. The van der Waals surface area contributed by atoms with Gasteiger partial charge in [0.2, 0.25) is 0 Å². The highest BCUT2D eigenvalue weighted by molar-refractivity contribution is 9.11. The van der Waals surface area contributed by atoms with Gasteiger partial charge in [-0.15, -0.1) is 0 Å². The van der Waals surface area contributed by atoms with Crippen LogP contribution in [-0.2, 0) is 9.53 Å². The Kier molecular flexibility index (Phi) is 6.57. The van der Waals surface area contributed by atoms with E-state index in [1.165, 1.54) is 29.7 Å². The molecule has 9 nitrogen and oxygen atoms in total. The highest BCUT2D eigenvalue weighted by Gasteiger charge is 2.23. The highest BCUT2D eigenvalue weighted by Crippen LogP contribution is 2.31. The number of halogens is 1. The first-order valence-corrected chi connectivity index (χ1v) is 10.2. The summed E-state index contributed by atoms with van der Waals surface area (Å²) in [6.07, 6.45) is 4.60. The zero-order valence-electron chi connectivity index (χ0n) is 14.7. The lowest BCUT2D eigenvalue weighted by Crippen LogP contribution is -2.30. The summed E-state index contributed by atoms with van der Waals surface area (Å²) in [6.45, 7) is 0.979. The number of nitrogens with zero attached hydrogens (tertiary/aromatic N) is 3. The molecule has 0 aliphatic carbocycles. The Hall–Kier alpha value is -2.53. The van der Waals surface area contributed by atoms with Crippen LogP contribution in [0.3, 0.4) is 0 Å². The van der Waals surface area contributed by atoms with Crippen molar-refractivity contribution in [1.82, 2.24) is 4.98 Å². The number of esters is 1. The minimum absolute atomic E-state index is 0.0252. The average Bonchev–Trinajstić information content (AvgIpc) is 3.10. The second-order valence-electron chi connectivity index (χ2n) is 6.10. The van der Waals surface area contributed by atoms with E-state index in [1.807, 2.05) is 4.90 Å². The first kappa shape index (κ1) is 20.2. The first-order chi connectivity index (χ1) is 13.4. The number of hydrogen-bond donors (Lipinski definition) is 1. The molecule has 0 saturated carbocycles. The minimum atomic E-state index is -0.802. The smallest absolute Gasteiger partial charge is 0.338 e. The molecule has 1 aliphatic heterocycles. The number of amides is 1. The van der Waals surface area contributed by atoms with Crippen molar-refractivity contribution in [2.45, 2.75) is 19.3 Å². The molecule has 0 spiro atoms. The number of nitro groups is 1. The summed E-state index contributed by atoms with van der Waals surface area (Å²) in [7, 11) is 0. The molecule has 11 heteroatoms. The monoisotopic (exact) mass is 468 g/mol. The lowest BCUT2D eigenvalue weighted by atomic mass is 10.1. The van der Waals surface area contributed by atoms with Crippen molar-refractivity contribution >= 4 is 55.6 Å². The molecule has 0 radical (unpaired) electrons. The van der Waals surface area contributed by atoms with E-state index in [1.54, 1.807) is 6.07 Å². The van der Waals surface area contributed by atoms with E-state index in [9.17, 15) is 19.7 Å². The molecule has 0 bridgehead atoms. The molecule has 2 aromatic rings. The number of benzene rings is 1. The molecule has 1 saturated heterocycles. The van der Waals surface area contributed by atoms with Crippen molar-refractivity contribution in [1.29, 1.82) is 0 Å². The average molecular weight is 469 g/mol. The number of hydrogen-bond acceptors (Lipinski definition) is 8. The summed E-state index contributed by atoms with van der Waals surface area (Å²) in [6, 6.07) is 4.24. The van der Waals surface area contributed by atoms with Gasteiger partial charge >= 0.3 is 5.97 Å². The van der Waals surface area contributed by atoms with E-state index in [0.717, 1.165) is 36.1 Å². The van der Waals surface area contributed by atoms with Crippen LogP contribution in [0.2, 0.25) is 0 Å². The second kappa shape index (κ2) is 9.11. The van der Waals surface area contributed by atoms with Crippen LogP contribution in [0.25, 0.3) is 0 Å². The molecule has 3 rings (SSSR count). The Morgan fingerprint density at radius 2 is 2.07 bits per heavy atom. The standard InChI is InChI=1S/C17H17BrN4O5S/c18-14-9-19-17(28-14)20-15(23)10-27-16(24)11-4-5-12(13(8-11)22(25)26)21-6-2-1-3-7-21/h4-5,8-9H,1-3,6-7,10H2,(H,19,20,23). The summed E-state index contributed by atoms with van der Waals surface area (Å²) in [5.41, 5.74) is 0.374. The summed E-state index contributed by atoms with van der Waals surface area (Å²) >= 11 is 4.45. The fraction of sp³-hybridized carbons (Fsp3) is 0.353. The molecule has 1 aromatic carbocycles. The molecule has 0 atom stereocenters. The number of piperidine rings is 1. The quantitative estimate of drug-likeness (QED) is 0.391. The molecular formula is C17H17BrN4O5S. The van der Waals surface area contributed by atoms with Gasteiger partial charge in [0.05, 0.1) is 20.5 Å². The van der Waals surface area contributed by atoms with E-state index in [-0.39, 0.29) is 11.3 Å². The van der Waals surface area contributed by atoms with Gasteiger partial charge in [-0.05, 0) is 47.3 Å². The summed E-state index contributed by atoms with van der Waals surface area (Å²) in [5, 5.41) is 14.3. The van der Waals surface area contributed by atoms with Gasteiger partial charge in [-0.3, -0.25) is 20.2 Å². The SMILES string of the molecule is O=C(COC(=O)c1ccc(N2CCCCC2)c([N+](=O)[O-])c1)Nc1ncc(Br)s1. The Balaban J connectivity index is 1.65. The van der Waals surface area contributed by atoms with Crippen molar-refractivity contribution in [3.63, 3.8) is 0 Å². The number of ether oxygens (including phenoxy) is 1. The molecule has 1 fully saturated rings. The van der Waals surface area contributed by atoms with Crippen LogP contribution in [0.4, 0.5) is 16.5 Å². The summed E-state index contributed by atoms with van der Waals surface area (Å²) < 4.78 is 5.72. The van der Waals surface area contributed by atoms with Gasteiger partial charge in [-0.1, -0.05) is 11.3 Å². The fourth-order valence-corrected chi connectivity index (χ4v) is 4.00. The number of thiazole rings is 1. The van der Waals surface area contributed by atoms with Crippen LogP contribution in [0.15, 0.2) is 28.2 Å². The molecule has 28 heavy (non-hydrogen) atoms. The number of nitro benzene ring substituents is 1. The van der Waals surface area contributed by atoms with Gasteiger partial charge in [0.1, 0.15) is 5.69 Å². The second-order valence-corrected chi connectivity index (χ2v) is 8.51. The van der Waals surface area contributed by atoms with Gasteiger partial charge in [0, 0.05) is 19.2 Å². The maximum absolute atomic E-state index is 12.2. The van der Waals surface area contributed by atoms with Crippen LogP contribution in [-0.4, -0.2) is 41.5 Å². The zero-order chi connectivity index (χ0) is 20.1. The molecule has 0 unspecified atom stereocenters. The third-order valence-electron chi connectivity index (χ3n) is 4.16. The number of anilines is 2. The van der Waals surface area contributed by atoms with Crippen LogP contribution in [0.5, 0.6) is 0 Å². The predicted octanol–water partition coefficient (Wildman–Crippen LogP) is 3.60. The number of nitrogens with one attached hydrogen (secondary N) is 1. The first-order valence-electron chi connectivity index (χ1n) is 8.56. The highest BCUT2D eigenvalue weighted by atomic mass is 79.9. The molecule has 1 N–H and O–H groups in total. The third kappa shape index (κ3) is 5.04. The van der Waals surface area contributed by atoms with Gasteiger partial charge in [-0.25, -0.2) is 9.78 Å². The maximum atomic E-state index is 12.2. The van der Waals surface area contributed by atoms with Crippen molar-refractivity contribution < 1.29 is 19.2 Å². The normalized spacial score (nSPS) is 13.8. The molecular weight excluding hydrogens is 452 g/mol. The maximum Gasteiger partial charge on any atom is 0.338 e. The Bertz CT molecular complexity index is 897. The van der Waals surface area contributed by atoms with E-state index >= 15 is 0 Å². The number of rotatable bonds is 6. The number of carbonyl (C=O) groups is 2. The zero-order valence-corrected chi connectivity index (χ0v) is 17.1. The largest absolute Gasteiger partial charge is 0.452 e. The van der Waals surface area contributed by atoms with Gasteiger partial charge in [-0.2, -0.15) is 0 Å². The molecule has 1 aromatic heterocycles. The van der Waals surface area contributed by atoms with Crippen LogP contribution >= 0.6 is 27.3 Å². The van der Waals surface area contributed by atoms with Crippen molar-refractivity contribution in [3.8, 4) is 0 Å². The molecule has 1 aliphatic rings. The van der Waals surface area contributed by atoms with Crippen molar-refractivity contribution in [2.75, 3.05) is 29.9 Å². The van der Waals surface area contributed by atoms with Gasteiger partial charge in [0.25, 0.3) is 11.6 Å². The molecule has 1 amide bonds. The lowest BCUT2D eigenvalue weighted by Gasteiger charge is -2.28. The molecule has 2 heterocycles. The number of aromatic nitrogens is 1. The van der Waals surface area contributed by atoms with Crippen LogP contribution in [0, 0.1) is 10.1 Å². The van der Waals surface area contributed by atoms with Crippen LogP contribution < -0.4 is 10.2 Å². The minimum Gasteiger partial charge on any atom is -0.452 e. The predicted molar refractivity (Wildman–Crippen MR) is 108 cm³/mol. The fourth-order valence-electron chi connectivity index (χ4n) is 2.88. The van der Waals surface area contributed by atoms with E-state index < -0.39 is 23.4 Å². The number of carbonyl (C=O) groups excluding carboxylic acids is 2. The van der Waals surface area contributed by atoms with E-state index in [0.29, 0.717) is 10.8 Å². The van der Waals surface area contributed by atoms with Gasteiger partial charge < -0.3 is 9.64 Å². The Morgan fingerprint density at radius 3 is 2.71 bits per heavy atom.